The summed E-state index contributed by atoms with van der Waals surface area (Å²) < 4.78 is 15.2. The van der Waals surface area contributed by atoms with Crippen LogP contribution in [-0.2, 0) is 0 Å². The molecule has 4 nitrogen and oxygen atoms in total. The smallest absolute Gasteiger partial charge is 0.178 e. The molecular formula is C13H9FN4. The van der Waals surface area contributed by atoms with Crippen molar-refractivity contribution in [1.29, 1.82) is 0 Å². The van der Waals surface area contributed by atoms with E-state index >= 15 is 0 Å². The minimum absolute atomic E-state index is 0.335. The second-order valence-electron chi connectivity index (χ2n) is 3.65. The van der Waals surface area contributed by atoms with Crippen molar-refractivity contribution in [2.45, 2.75) is 0 Å². The Bertz CT molecular complexity index is 664. The zero-order chi connectivity index (χ0) is 12.4. The average molecular weight is 240 g/mol. The number of halogens is 1. The topological polar surface area (TPSA) is 43.6 Å². The molecule has 0 fully saturated rings. The van der Waals surface area contributed by atoms with Crippen LogP contribution in [0.4, 0.5) is 4.39 Å². The van der Waals surface area contributed by atoms with E-state index < -0.39 is 0 Å². The average Bonchev–Trinajstić information content (AvgIpc) is 2.89. The second kappa shape index (κ2) is 4.37. The van der Waals surface area contributed by atoms with Crippen molar-refractivity contribution in [3.63, 3.8) is 0 Å². The Morgan fingerprint density at radius 2 is 1.67 bits per heavy atom. The molecule has 0 aliphatic heterocycles. The van der Waals surface area contributed by atoms with Gasteiger partial charge in [0.1, 0.15) is 17.2 Å². The first-order chi connectivity index (χ1) is 8.86. The monoisotopic (exact) mass is 240 g/mol. The molecule has 0 spiro atoms. The van der Waals surface area contributed by atoms with E-state index in [2.05, 4.69) is 15.1 Å². The zero-order valence-corrected chi connectivity index (χ0v) is 9.36. The molecule has 3 rings (SSSR count). The molecule has 0 bridgehead atoms. The summed E-state index contributed by atoms with van der Waals surface area (Å²) in [6.45, 7) is 0. The van der Waals surface area contributed by atoms with Gasteiger partial charge in [0.25, 0.3) is 0 Å². The van der Waals surface area contributed by atoms with Gasteiger partial charge in [0.2, 0.25) is 0 Å². The molecule has 0 N–H and O–H groups in total. The van der Waals surface area contributed by atoms with Crippen molar-refractivity contribution in [1.82, 2.24) is 19.7 Å². The Kier molecular flexibility index (Phi) is 2.57. The highest BCUT2D eigenvalue weighted by Gasteiger charge is 2.12. The summed E-state index contributed by atoms with van der Waals surface area (Å²) >= 11 is 0. The molecule has 3 aromatic rings. The fourth-order valence-electron chi connectivity index (χ4n) is 1.72. The van der Waals surface area contributed by atoms with Gasteiger partial charge in [-0.15, -0.1) is 0 Å². The number of aromatic nitrogens is 4. The maximum atomic E-state index is 13.7. The van der Waals surface area contributed by atoms with E-state index in [0.29, 0.717) is 17.2 Å². The largest absolute Gasteiger partial charge is 0.235 e. The third kappa shape index (κ3) is 1.75. The predicted molar refractivity (Wildman–Crippen MR) is 64.5 cm³/mol. The molecule has 0 aliphatic rings. The lowest BCUT2D eigenvalue weighted by Gasteiger charge is -2.06. The van der Waals surface area contributed by atoms with Crippen LogP contribution in [0, 0.1) is 5.82 Å². The molecule has 0 aliphatic carbocycles. The summed E-state index contributed by atoms with van der Waals surface area (Å²) in [6, 6.07) is 9.94. The Morgan fingerprint density at radius 3 is 2.44 bits per heavy atom. The number of para-hydroxylation sites is 1. The standard InChI is InChI=1S/C13H9FN4/c14-10-4-1-2-5-11(10)18-12(6-9-17-18)13-15-7-3-8-16-13/h1-9H. The SMILES string of the molecule is Fc1ccccc1-n1nccc1-c1ncccn1. The van der Waals surface area contributed by atoms with Crippen molar-refractivity contribution >= 4 is 0 Å². The summed E-state index contributed by atoms with van der Waals surface area (Å²) in [6.07, 6.45) is 4.88. The molecular weight excluding hydrogens is 231 g/mol. The van der Waals surface area contributed by atoms with Crippen LogP contribution < -0.4 is 0 Å². The van der Waals surface area contributed by atoms with Crippen LogP contribution >= 0.6 is 0 Å². The first kappa shape index (κ1) is 10.6. The van der Waals surface area contributed by atoms with Crippen LogP contribution in [0.15, 0.2) is 55.0 Å². The molecule has 2 heterocycles. The van der Waals surface area contributed by atoms with Gasteiger partial charge in [-0.1, -0.05) is 12.1 Å². The first-order valence-corrected chi connectivity index (χ1v) is 5.42. The van der Waals surface area contributed by atoms with Crippen LogP contribution in [0.1, 0.15) is 0 Å². The molecule has 0 radical (unpaired) electrons. The number of benzene rings is 1. The van der Waals surface area contributed by atoms with Crippen LogP contribution in [0.5, 0.6) is 0 Å². The molecule has 5 heteroatoms. The van der Waals surface area contributed by atoms with Crippen molar-refractivity contribution in [2.75, 3.05) is 0 Å². The number of nitrogens with zero attached hydrogens (tertiary/aromatic N) is 4. The Balaban J connectivity index is 2.16. The quantitative estimate of drug-likeness (QED) is 0.691. The van der Waals surface area contributed by atoms with E-state index in [4.69, 9.17) is 0 Å². The van der Waals surface area contributed by atoms with Gasteiger partial charge in [-0.2, -0.15) is 5.10 Å². The second-order valence-corrected chi connectivity index (χ2v) is 3.65. The number of rotatable bonds is 2. The predicted octanol–water partition coefficient (Wildman–Crippen LogP) is 2.47. The van der Waals surface area contributed by atoms with Gasteiger partial charge < -0.3 is 0 Å². The van der Waals surface area contributed by atoms with Crippen molar-refractivity contribution < 1.29 is 4.39 Å². The first-order valence-electron chi connectivity index (χ1n) is 5.42. The fraction of sp³-hybridized carbons (Fsp3) is 0. The molecule has 1 aromatic carbocycles. The summed E-state index contributed by atoms with van der Waals surface area (Å²) in [4.78, 5) is 8.29. The van der Waals surface area contributed by atoms with Crippen LogP contribution in [0.25, 0.3) is 17.2 Å². The summed E-state index contributed by atoms with van der Waals surface area (Å²) in [7, 11) is 0. The molecule has 18 heavy (non-hydrogen) atoms. The minimum atomic E-state index is -0.335. The summed E-state index contributed by atoms with van der Waals surface area (Å²) in [5, 5.41) is 4.12. The van der Waals surface area contributed by atoms with E-state index in [-0.39, 0.29) is 5.82 Å². The maximum absolute atomic E-state index is 13.7. The van der Waals surface area contributed by atoms with Gasteiger partial charge in [0.15, 0.2) is 5.82 Å². The van der Waals surface area contributed by atoms with E-state index in [0.717, 1.165) is 0 Å². The van der Waals surface area contributed by atoms with E-state index in [1.165, 1.54) is 10.7 Å². The third-order valence-corrected chi connectivity index (χ3v) is 2.52. The summed E-state index contributed by atoms with van der Waals surface area (Å²) in [5.74, 6) is 0.177. The van der Waals surface area contributed by atoms with E-state index in [1.807, 2.05) is 0 Å². The number of hydrogen-bond donors (Lipinski definition) is 0. The molecule has 0 saturated carbocycles. The minimum Gasteiger partial charge on any atom is -0.235 e. The highest BCUT2D eigenvalue weighted by Crippen LogP contribution is 2.20. The number of hydrogen-bond acceptors (Lipinski definition) is 3. The lowest BCUT2D eigenvalue weighted by molar-refractivity contribution is 0.611. The summed E-state index contributed by atoms with van der Waals surface area (Å²) in [5.41, 5.74) is 1.03. The fourth-order valence-corrected chi connectivity index (χ4v) is 1.72. The van der Waals surface area contributed by atoms with Gasteiger partial charge >= 0.3 is 0 Å². The molecule has 0 unspecified atom stereocenters. The molecule has 0 saturated heterocycles. The normalized spacial score (nSPS) is 10.5. The van der Waals surface area contributed by atoms with Crippen LogP contribution in [-0.4, -0.2) is 19.7 Å². The Morgan fingerprint density at radius 1 is 0.889 bits per heavy atom. The molecule has 0 atom stereocenters. The van der Waals surface area contributed by atoms with E-state index in [1.54, 1.807) is 48.9 Å². The van der Waals surface area contributed by atoms with Crippen LogP contribution in [0.3, 0.4) is 0 Å². The Hall–Kier alpha value is -2.56. The molecule has 2 aromatic heterocycles. The lowest BCUT2D eigenvalue weighted by atomic mass is 10.3. The van der Waals surface area contributed by atoms with Gasteiger partial charge in [0.05, 0.1) is 6.20 Å². The third-order valence-electron chi connectivity index (χ3n) is 2.52. The highest BCUT2D eigenvalue weighted by molar-refractivity contribution is 5.53. The molecule has 88 valence electrons. The van der Waals surface area contributed by atoms with Crippen molar-refractivity contribution in [3.05, 3.63) is 60.8 Å². The van der Waals surface area contributed by atoms with Crippen molar-refractivity contribution in [2.24, 2.45) is 0 Å². The van der Waals surface area contributed by atoms with Crippen LogP contribution in [0.2, 0.25) is 0 Å². The Labute approximate surface area is 103 Å². The highest BCUT2D eigenvalue weighted by atomic mass is 19.1. The molecule has 0 amide bonds. The lowest BCUT2D eigenvalue weighted by Crippen LogP contribution is -2.03. The van der Waals surface area contributed by atoms with Gasteiger partial charge in [-0.3, -0.25) is 0 Å². The van der Waals surface area contributed by atoms with E-state index in [9.17, 15) is 4.39 Å². The van der Waals surface area contributed by atoms with Crippen molar-refractivity contribution in [3.8, 4) is 17.2 Å². The van der Waals surface area contributed by atoms with Gasteiger partial charge in [-0.05, 0) is 24.3 Å². The zero-order valence-electron chi connectivity index (χ0n) is 9.36. The van der Waals surface area contributed by atoms with Gasteiger partial charge in [-0.25, -0.2) is 19.0 Å². The maximum Gasteiger partial charge on any atom is 0.178 e. The van der Waals surface area contributed by atoms with Gasteiger partial charge in [0, 0.05) is 12.4 Å².